The lowest BCUT2D eigenvalue weighted by Gasteiger charge is -2.22. The van der Waals surface area contributed by atoms with Gasteiger partial charge in [0.05, 0.1) is 24.5 Å². The minimum absolute atomic E-state index is 0.0662. The van der Waals surface area contributed by atoms with E-state index in [2.05, 4.69) is 20.8 Å². The van der Waals surface area contributed by atoms with E-state index < -0.39 is 5.97 Å². The summed E-state index contributed by atoms with van der Waals surface area (Å²) in [7, 11) is 1.31. The van der Waals surface area contributed by atoms with Gasteiger partial charge in [-0.05, 0) is 50.1 Å². The van der Waals surface area contributed by atoms with Crippen molar-refractivity contribution in [2.45, 2.75) is 45.4 Å². The third-order valence-electron chi connectivity index (χ3n) is 5.47. The maximum Gasteiger partial charge on any atom is 0.337 e. The summed E-state index contributed by atoms with van der Waals surface area (Å²) in [6, 6.07) is 13.6. The van der Waals surface area contributed by atoms with Gasteiger partial charge in [0, 0.05) is 17.8 Å². The Morgan fingerprint density at radius 3 is 2.44 bits per heavy atom. The molecular formula is C26H31N5O4S. The highest BCUT2D eigenvalue weighted by Crippen LogP contribution is 2.26. The summed E-state index contributed by atoms with van der Waals surface area (Å²) < 4.78 is 6.63. The molecule has 0 bridgehead atoms. The molecule has 0 aliphatic rings. The molecule has 2 N–H and O–H groups in total. The quantitative estimate of drug-likeness (QED) is 0.310. The topological polar surface area (TPSA) is 115 Å². The van der Waals surface area contributed by atoms with E-state index in [1.807, 2.05) is 50.5 Å². The van der Waals surface area contributed by atoms with Crippen molar-refractivity contribution in [1.29, 1.82) is 0 Å². The Kier molecular flexibility index (Phi) is 9.24. The Morgan fingerprint density at radius 1 is 1.06 bits per heavy atom. The van der Waals surface area contributed by atoms with Gasteiger partial charge in [-0.1, -0.05) is 49.4 Å². The summed E-state index contributed by atoms with van der Waals surface area (Å²) in [4.78, 5) is 37.2. The number of hydrogen-bond donors (Lipinski definition) is 2. The van der Waals surface area contributed by atoms with Crippen molar-refractivity contribution < 1.29 is 19.1 Å². The molecule has 190 valence electrons. The fourth-order valence-corrected chi connectivity index (χ4v) is 4.45. The molecule has 2 aromatic carbocycles. The summed E-state index contributed by atoms with van der Waals surface area (Å²) in [5.41, 5.74) is 2.45. The number of anilines is 1. The molecule has 1 heterocycles. The SMILES string of the molecule is CCn1c(SCC(=O)Nc2cccc(C(=O)OC)c2)nnc1[C@@H](NC(=O)c1cccc(C)c1)C(C)C. The maximum atomic E-state index is 12.9. The van der Waals surface area contributed by atoms with E-state index in [-0.39, 0.29) is 29.5 Å². The first kappa shape index (κ1) is 26.9. The zero-order valence-corrected chi connectivity index (χ0v) is 21.9. The summed E-state index contributed by atoms with van der Waals surface area (Å²) in [5.74, 6) is -0.0899. The van der Waals surface area contributed by atoms with Gasteiger partial charge in [-0.15, -0.1) is 10.2 Å². The molecule has 0 fully saturated rings. The average molecular weight is 510 g/mol. The Labute approximate surface area is 215 Å². The molecule has 0 spiro atoms. The zero-order chi connectivity index (χ0) is 26.2. The maximum absolute atomic E-state index is 12.9. The summed E-state index contributed by atoms with van der Waals surface area (Å²) >= 11 is 1.25. The Hall–Kier alpha value is -3.66. The highest BCUT2D eigenvalue weighted by atomic mass is 32.2. The fourth-order valence-electron chi connectivity index (χ4n) is 3.64. The van der Waals surface area contributed by atoms with Gasteiger partial charge in [-0.25, -0.2) is 4.79 Å². The largest absolute Gasteiger partial charge is 0.465 e. The molecule has 0 saturated heterocycles. The van der Waals surface area contributed by atoms with Crippen LogP contribution < -0.4 is 10.6 Å². The lowest BCUT2D eigenvalue weighted by molar-refractivity contribution is -0.113. The number of esters is 1. The van der Waals surface area contributed by atoms with Crippen molar-refractivity contribution in [1.82, 2.24) is 20.1 Å². The molecule has 3 rings (SSSR count). The lowest BCUT2D eigenvalue weighted by Crippen LogP contribution is -2.33. The van der Waals surface area contributed by atoms with Crippen molar-refractivity contribution >= 4 is 35.2 Å². The number of carbonyl (C=O) groups is 3. The zero-order valence-electron chi connectivity index (χ0n) is 21.1. The molecule has 0 aliphatic carbocycles. The van der Waals surface area contributed by atoms with Crippen LogP contribution in [0.5, 0.6) is 0 Å². The van der Waals surface area contributed by atoms with Gasteiger partial charge in [0.15, 0.2) is 11.0 Å². The van der Waals surface area contributed by atoms with Crippen molar-refractivity contribution in [3.63, 3.8) is 0 Å². The predicted octanol–water partition coefficient (Wildman–Crippen LogP) is 4.25. The molecule has 2 amide bonds. The van der Waals surface area contributed by atoms with Crippen LogP contribution in [-0.4, -0.2) is 45.4 Å². The van der Waals surface area contributed by atoms with E-state index >= 15 is 0 Å². The van der Waals surface area contributed by atoms with Gasteiger partial charge in [0.1, 0.15) is 0 Å². The first-order valence-electron chi connectivity index (χ1n) is 11.6. The number of nitrogens with zero attached hydrogens (tertiary/aromatic N) is 3. The Morgan fingerprint density at radius 2 is 1.78 bits per heavy atom. The second-order valence-corrected chi connectivity index (χ2v) is 9.50. The Balaban J connectivity index is 1.70. The number of hydrogen-bond acceptors (Lipinski definition) is 7. The second kappa shape index (κ2) is 12.3. The van der Waals surface area contributed by atoms with E-state index in [0.717, 1.165) is 5.56 Å². The molecule has 1 atom stereocenters. The average Bonchev–Trinajstić information content (AvgIpc) is 3.27. The van der Waals surface area contributed by atoms with Gasteiger partial charge in [-0.2, -0.15) is 0 Å². The second-order valence-electron chi connectivity index (χ2n) is 8.56. The van der Waals surface area contributed by atoms with Crippen LogP contribution in [0.1, 0.15) is 58.9 Å². The van der Waals surface area contributed by atoms with Crippen LogP contribution in [0.4, 0.5) is 5.69 Å². The van der Waals surface area contributed by atoms with Crippen molar-refractivity contribution in [3.8, 4) is 0 Å². The summed E-state index contributed by atoms with van der Waals surface area (Å²) in [6.07, 6.45) is 0. The molecule has 0 unspecified atom stereocenters. The number of benzene rings is 2. The molecule has 9 nitrogen and oxygen atoms in total. The van der Waals surface area contributed by atoms with Crippen LogP contribution in [0.3, 0.4) is 0 Å². The van der Waals surface area contributed by atoms with Gasteiger partial charge in [0.2, 0.25) is 5.91 Å². The highest BCUT2D eigenvalue weighted by molar-refractivity contribution is 7.99. The minimum atomic E-state index is -0.474. The fraction of sp³-hybridized carbons (Fsp3) is 0.346. The normalized spacial score (nSPS) is 11.7. The van der Waals surface area contributed by atoms with Crippen molar-refractivity contribution in [2.24, 2.45) is 5.92 Å². The number of carbonyl (C=O) groups excluding carboxylic acids is 3. The number of aromatic nitrogens is 3. The molecule has 1 aromatic heterocycles. The van der Waals surface area contributed by atoms with Crippen molar-refractivity contribution in [2.75, 3.05) is 18.2 Å². The smallest absolute Gasteiger partial charge is 0.337 e. The third kappa shape index (κ3) is 6.72. The number of ether oxygens (including phenoxy) is 1. The minimum Gasteiger partial charge on any atom is -0.465 e. The number of thioether (sulfide) groups is 1. The van der Waals surface area contributed by atoms with Gasteiger partial charge >= 0.3 is 5.97 Å². The number of amides is 2. The van der Waals surface area contributed by atoms with E-state index in [4.69, 9.17) is 4.74 Å². The monoisotopic (exact) mass is 509 g/mol. The van der Waals surface area contributed by atoms with Gasteiger partial charge in [-0.3, -0.25) is 9.59 Å². The van der Waals surface area contributed by atoms with Crippen LogP contribution in [0, 0.1) is 12.8 Å². The number of methoxy groups -OCH3 is 1. The van der Waals surface area contributed by atoms with E-state index in [0.29, 0.717) is 34.3 Å². The molecule has 0 saturated carbocycles. The highest BCUT2D eigenvalue weighted by Gasteiger charge is 2.26. The first-order valence-corrected chi connectivity index (χ1v) is 12.6. The number of nitrogens with one attached hydrogen (secondary N) is 2. The van der Waals surface area contributed by atoms with Crippen LogP contribution in [0.2, 0.25) is 0 Å². The van der Waals surface area contributed by atoms with Gasteiger partial charge in [0.25, 0.3) is 5.91 Å². The van der Waals surface area contributed by atoms with Crippen molar-refractivity contribution in [3.05, 3.63) is 71.0 Å². The van der Waals surface area contributed by atoms with Crippen LogP contribution in [-0.2, 0) is 16.1 Å². The standard InChI is InChI=1S/C26H31N5O4S/c1-6-31-23(22(16(2)3)28-24(33)18-10-7-9-17(4)13-18)29-30-26(31)36-15-21(32)27-20-12-8-11-19(14-20)25(34)35-5/h7-14,16,22H,6,15H2,1-5H3,(H,27,32)(H,28,33)/t22-/m0/s1. The molecule has 3 aromatic rings. The molecule has 36 heavy (non-hydrogen) atoms. The number of rotatable bonds is 10. The summed E-state index contributed by atoms with van der Waals surface area (Å²) in [6.45, 7) is 8.52. The molecule has 0 radical (unpaired) electrons. The number of aryl methyl sites for hydroxylation is 1. The third-order valence-corrected chi connectivity index (χ3v) is 6.44. The lowest BCUT2D eigenvalue weighted by atomic mass is 10.0. The predicted molar refractivity (Wildman–Crippen MR) is 139 cm³/mol. The van der Waals surface area contributed by atoms with E-state index in [1.165, 1.54) is 18.9 Å². The molecular weight excluding hydrogens is 478 g/mol. The van der Waals surface area contributed by atoms with Crippen LogP contribution in [0.25, 0.3) is 0 Å². The van der Waals surface area contributed by atoms with E-state index in [1.54, 1.807) is 30.3 Å². The van der Waals surface area contributed by atoms with Crippen LogP contribution >= 0.6 is 11.8 Å². The van der Waals surface area contributed by atoms with Gasteiger partial charge < -0.3 is 19.9 Å². The molecule has 0 aliphatic heterocycles. The summed E-state index contributed by atoms with van der Waals surface area (Å²) in [5, 5.41) is 15.1. The molecule has 10 heteroatoms. The van der Waals surface area contributed by atoms with Crippen LogP contribution in [0.15, 0.2) is 53.7 Å². The van der Waals surface area contributed by atoms with E-state index in [9.17, 15) is 14.4 Å². The first-order chi connectivity index (χ1) is 17.2. The Bertz CT molecular complexity index is 1240.